The first-order valence-corrected chi connectivity index (χ1v) is 15.8. The molecule has 1 aliphatic rings. The number of nitrogens with zero attached hydrogens (tertiary/aromatic N) is 3. The first kappa shape index (κ1) is 35.7. The molecule has 1 saturated heterocycles. The van der Waals surface area contributed by atoms with E-state index in [0.29, 0.717) is 10.9 Å². The fourth-order valence-electron chi connectivity index (χ4n) is 4.99. The van der Waals surface area contributed by atoms with E-state index in [1.807, 2.05) is 43.3 Å². The smallest absolute Gasteiger partial charge is 0.409 e. The molecule has 3 amide bonds. The molecule has 13 nitrogen and oxygen atoms in total. The second kappa shape index (κ2) is 16.1. The summed E-state index contributed by atoms with van der Waals surface area (Å²) in [5.41, 5.74) is 1.23. The van der Waals surface area contributed by atoms with Gasteiger partial charge in [-0.3, -0.25) is 14.4 Å². The molecule has 13 heteroatoms. The van der Waals surface area contributed by atoms with Crippen LogP contribution in [0.4, 0.5) is 4.79 Å². The van der Waals surface area contributed by atoms with Gasteiger partial charge in [-0.05, 0) is 57.9 Å². The summed E-state index contributed by atoms with van der Waals surface area (Å²) in [6.45, 7) is 9.42. The zero-order valence-electron chi connectivity index (χ0n) is 27.9. The number of pyridine rings is 1. The Morgan fingerprint density at radius 2 is 1.58 bits per heavy atom. The number of carbonyl (C=O) groups excluding carboxylic acids is 5. The summed E-state index contributed by atoms with van der Waals surface area (Å²) in [5, 5.41) is 3.23. The van der Waals surface area contributed by atoms with Gasteiger partial charge >= 0.3 is 18.0 Å². The standard InChI is InChI=1S/C35H42N4O9/c1-6-45-34(44)39-16-14-38(15-17-39)33(43)28(20-30(40)48-35(3,4)5)37-32(42)27-19-29(25-13-12-23(2)18-26(25)36-27)46-22-31(41)47-21-24-10-8-7-9-11-24/h7-13,18-19,28H,6,14-17,20-22H2,1-5H3,(H,37,42)/t28-/m0/s1. The van der Waals surface area contributed by atoms with Gasteiger partial charge in [-0.25, -0.2) is 14.6 Å². The van der Waals surface area contributed by atoms with Crippen LogP contribution in [-0.4, -0.2) is 95.7 Å². The quantitative estimate of drug-likeness (QED) is 0.237. The molecule has 0 bridgehead atoms. The van der Waals surface area contributed by atoms with Gasteiger partial charge in [0.1, 0.15) is 29.7 Å². The number of amides is 3. The fourth-order valence-corrected chi connectivity index (χ4v) is 4.99. The van der Waals surface area contributed by atoms with Crippen LogP contribution in [-0.2, 0) is 35.2 Å². The fraction of sp³-hybridized carbons (Fsp3) is 0.429. The third-order valence-electron chi connectivity index (χ3n) is 7.26. The molecular formula is C35H42N4O9. The average molecular weight is 663 g/mol. The largest absolute Gasteiger partial charge is 0.481 e. The second-order valence-electron chi connectivity index (χ2n) is 12.3. The highest BCUT2D eigenvalue weighted by molar-refractivity contribution is 6.00. The summed E-state index contributed by atoms with van der Waals surface area (Å²) in [7, 11) is 0. The SMILES string of the molecule is CCOC(=O)N1CCN(C(=O)[C@H](CC(=O)OC(C)(C)C)NC(=O)c2cc(OCC(=O)OCc3ccccc3)c3ccc(C)cc3n2)CC1. The van der Waals surface area contributed by atoms with Gasteiger partial charge in [-0.15, -0.1) is 0 Å². The molecule has 0 unspecified atom stereocenters. The van der Waals surface area contributed by atoms with E-state index in [-0.39, 0.29) is 50.8 Å². The van der Waals surface area contributed by atoms with E-state index >= 15 is 0 Å². The molecule has 4 rings (SSSR count). The molecule has 0 spiro atoms. The van der Waals surface area contributed by atoms with Crippen molar-refractivity contribution in [2.45, 2.75) is 59.3 Å². The monoisotopic (exact) mass is 662 g/mol. The molecule has 1 aliphatic heterocycles. The van der Waals surface area contributed by atoms with Crippen LogP contribution in [0.3, 0.4) is 0 Å². The molecule has 1 N–H and O–H groups in total. The van der Waals surface area contributed by atoms with Gasteiger partial charge in [0.25, 0.3) is 5.91 Å². The van der Waals surface area contributed by atoms with Crippen LogP contribution < -0.4 is 10.1 Å². The third kappa shape index (κ3) is 10.1. The van der Waals surface area contributed by atoms with Gasteiger partial charge < -0.3 is 34.1 Å². The summed E-state index contributed by atoms with van der Waals surface area (Å²) >= 11 is 0. The van der Waals surface area contributed by atoms with Gasteiger partial charge in [0.15, 0.2) is 6.61 Å². The molecule has 48 heavy (non-hydrogen) atoms. The van der Waals surface area contributed by atoms with Crippen LogP contribution in [0.25, 0.3) is 10.9 Å². The van der Waals surface area contributed by atoms with Gasteiger partial charge in [0, 0.05) is 37.6 Å². The lowest BCUT2D eigenvalue weighted by atomic mass is 10.1. The number of nitrogens with one attached hydrogen (secondary N) is 1. The van der Waals surface area contributed by atoms with Crippen molar-refractivity contribution in [2.24, 2.45) is 0 Å². The van der Waals surface area contributed by atoms with Gasteiger partial charge in [-0.1, -0.05) is 36.4 Å². The van der Waals surface area contributed by atoms with E-state index in [1.54, 1.807) is 39.8 Å². The number of carbonyl (C=O) groups is 5. The number of esters is 2. The predicted molar refractivity (Wildman–Crippen MR) is 175 cm³/mol. The van der Waals surface area contributed by atoms with E-state index in [4.69, 9.17) is 18.9 Å². The maximum atomic E-state index is 13.7. The minimum Gasteiger partial charge on any atom is -0.481 e. The molecular weight excluding hydrogens is 620 g/mol. The van der Waals surface area contributed by atoms with Crippen LogP contribution >= 0.6 is 0 Å². The van der Waals surface area contributed by atoms with Crippen LogP contribution in [0.15, 0.2) is 54.6 Å². The first-order chi connectivity index (χ1) is 22.8. The predicted octanol–water partition coefficient (Wildman–Crippen LogP) is 3.80. The summed E-state index contributed by atoms with van der Waals surface area (Å²) in [4.78, 5) is 72.4. The lowest BCUT2D eigenvalue weighted by Crippen LogP contribution is -2.56. The number of aromatic nitrogens is 1. The Bertz CT molecular complexity index is 1630. The maximum Gasteiger partial charge on any atom is 0.409 e. The molecule has 1 atom stereocenters. The number of hydrogen-bond acceptors (Lipinski definition) is 10. The first-order valence-electron chi connectivity index (χ1n) is 15.8. The van der Waals surface area contributed by atoms with E-state index in [2.05, 4.69) is 10.3 Å². The Morgan fingerprint density at radius 1 is 0.896 bits per heavy atom. The van der Waals surface area contributed by atoms with Crippen molar-refractivity contribution in [3.05, 3.63) is 71.4 Å². The number of ether oxygens (including phenoxy) is 4. The Labute approximate surface area is 279 Å². The minimum atomic E-state index is -1.28. The van der Waals surface area contributed by atoms with E-state index in [0.717, 1.165) is 11.1 Å². The number of fused-ring (bicyclic) bond motifs is 1. The van der Waals surface area contributed by atoms with Crippen LogP contribution in [0.1, 0.15) is 55.7 Å². The van der Waals surface area contributed by atoms with Crippen molar-refractivity contribution < 1.29 is 42.9 Å². The molecule has 3 aromatic rings. The Hall–Kier alpha value is -5.20. The van der Waals surface area contributed by atoms with Crippen molar-refractivity contribution in [3.8, 4) is 5.75 Å². The number of aryl methyl sites for hydroxylation is 1. The van der Waals surface area contributed by atoms with Crippen molar-refractivity contribution >= 4 is 40.7 Å². The lowest BCUT2D eigenvalue weighted by molar-refractivity contribution is -0.157. The third-order valence-corrected chi connectivity index (χ3v) is 7.26. The summed E-state index contributed by atoms with van der Waals surface area (Å²) in [5.74, 6) is -2.31. The summed E-state index contributed by atoms with van der Waals surface area (Å²) in [6.07, 6.45) is -0.897. The zero-order chi connectivity index (χ0) is 34.8. The molecule has 0 saturated carbocycles. The summed E-state index contributed by atoms with van der Waals surface area (Å²) in [6, 6.07) is 14.7. The molecule has 1 aromatic heterocycles. The lowest BCUT2D eigenvalue weighted by Gasteiger charge is -2.36. The molecule has 2 aromatic carbocycles. The number of piperazine rings is 1. The van der Waals surface area contributed by atoms with Gasteiger partial charge in [0.2, 0.25) is 5.91 Å². The van der Waals surface area contributed by atoms with Gasteiger partial charge in [0.05, 0.1) is 18.5 Å². The highest BCUT2D eigenvalue weighted by Gasteiger charge is 2.33. The van der Waals surface area contributed by atoms with E-state index in [1.165, 1.54) is 15.9 Å². The molecule has 0 aliphatic carbocycles. The van der Waals surface area contributed by atoms with Gasteiger partial charge in [-0.2, -0.15) is 0 Å². The van der Waals surface area contributed by atoms with Crippen molar-refractivity contribution in [1.82, 2.24) is 20.1 Å². The average Bonchev–Trinajstić information content (AvgIpc) is 3.05. The number of rotatable bonds is 11. The van der Waals surface area contributed by atoms with E-state index < -0.39 is 54.5 Å². The van der Waals surface area contributed by atoms with Crippen LogP contribution in [0, 0.1) is 6.92 Å². The zero-order valence-corrected chi connectivity index (χ0v) is 27.9. The number of benzene rings is 2. The minimum absolute atomic E-state index is 0.0813. The highest BCUT2D eigenvalue weighted by Crippen LogP contribution is 2.27. The Morgan fingerprint density at radius 3 is 2.25 bits per heavy atom. The van der Waals surface area contributed by atoms with Crippen LogP contribution in [0.5, 0.6) is 5.75 Å². The molecule has 1 fully saturated rings. The van der Waals surface area contributed by atoms with Crippen molar-refractivity contribution in [3.63, 3.8) is 0 Å². The molecule has 2 heterocycles. The summed E-state index contributed by atoms with van der Waals surface area (Å²) < 4.78 is 21.7. The van der Waals surface area contributed by atoms with E-state index in [9.17, 15) is 24.0 Å². The van der Waals surface area contributed by atoms with Crippen molar-refractivity contribution in [2.75, 3.05) is 39.4 Å². The van der Waals surface area contributed by atoms with Crippen LogP contribution in [0.2, 0.25) is 0 Å². The molecule has 256 valence electrons. The number of hydrogen-bond donors (Lipinski definition) is 1. The normalized spacial score (nSPS) is 13.8. The molecule has 0 radical (unpaired) electrons. The van der Waals surface area contributed by atoms with Crippen molar-refractivity contribution in [1.29, 1.82) is 0 Å². The highest BCUT2D eigenvalue weighted by atomic mass is 16.6. The Balaban J connectivity index is 1.52. The Kier molecular flexibility index (Phi) is 11.9. The maximum absolute atomic E-state index is 13.7. The second-order valence-corrected chi connectivity index (χ2v) is 12.3. The topological polar surface area (TPSA) is 154 Å².